The van der Waals surface area contributed by atoms with Crippen molar-refractivity contribution < 1.29 is 17.9 Å². The molecule has 0 fully saturated rings. The molecule has 0 aliphatic carbocycles. The molecule has 0 saturated heterocycles. The number of sulfonamides is 1. The maximum Gasteiger partial charge on any atom is 0.250 e. The van der Waals surface area contributed by atoms with Crippen molar-refractivity contribution in [1.82, 2.24) is 4.72 Å². The third kappa shape index (κ3) is 2.96. The first-order chi connectivity index (χ1) is 9.22. The summed E-state index contributed by atoms with van der Waals surface area (Å²) in [6, 6.07) is 2.65. The Hall–Kier alpha value is -0.730. The van der Waals surface area contributed by atoms with Gasteiger partial charge in [-0.3, -0.25) is 0 Å². The van der Waals surface area contributed by atoms with Gasteiger partial charge in [0.15, 0.2) is 0 Å². The summed E-state index contributed by atoms with van der Waals surface area (Å²) in [5.74, 6) is -0.582. The van der Waals surface area contributed by atoms with Crippen molar-refractivity contribution in [2.75, 3.05) is 6.54 Å². The highest BCUT2D eigenvalue weighted by atomic mass is 35.5. The molecule has 1 atom stereocenters. The van der Waals surface area contributed by atoms with Gasteiger partial charge in [0, 0.05) is 11.2 Å². The Labute approximate surface area is 125 Å². The van der Waals surface area contributed by atoms with Crippen LogP contribution < -0.4 is 4.72 Å². The fraction of sp³-hybridized carbons (Fsp3) is 0.333. The Morgan fingerprint density at radius 2 is 2.15 bits per heavy atom. The van der Waals surface area contributed by atoms with Crippen LogP contribution in [0.15, 0.2) is 16.3 Å². The minimum Gasteiger partial charge on any atom is -0.392 e. The maximum absolute atomic E-state index is 13.5. The van der Waals surface area contributed by atoms with Gasteiger partial charge >= 0.3 is 0 Å². The third-order valence-corrected chi connectivity index (χ3v) is 6.34. The molecule has 1 heterocycles. The van der Waals surface area contributed by atoms with E-state index in [2.05, 4.69) is 4.72 Å². The minimum atomic E-state index is -3.73. The number of nitrogens with one attached hydrogen (secondary N) is 1. The predicted molar refractivity (Wildman–Crippen MR) is 78.4 cm³/mol. The van der Waals surface area contributed by atoms with E-state index in [-0.39, 0.29) is 15.8 Å². The van der Waals surface area contributed by atoms with Gasteiger partial charge < -0.3 is 5.11 Å². The van der Waals surface area contributed by atoms with Crippen molar-refractivity contribution in [2.24, 2.45) is 0 Å². The molecule has 2 aromatic rings. The molecular weight excluding hydrogens is 325 g/mol. The highest BCUT2D eigenvalue weighted by Gasteiger charge is 2.22. The number of aliphatic hydroxyl groups excluding tert-OH is 1. The summed E-state index contributed by atoms with van der Waals surface area (Å²) in [5, 5.41) is 9.63. The normalized spacial score (nSPS) is 13.8. The van der Waals surface area contributed by atoms with Crippen LogP contribution in [0.4, 0.5) is 4.39 Å². The first-order valence-corrected chi connectivity index (χ1v) is 8.46. The summed E-state index contributed by atoms with van der Waals surface area (Å²) >= 11 is 6.72. The van der Waals surface area contributed by atoms with Crippen molar-refractivity contribution in [3.63, 3.8) is 0 Å². The van der Waals surface area contributed by atoms with Crippen molar-refractivity contribution >= 4 is 43.0 Å². The summed E-state index contributed by atoms with van der Waals surface area (Å²) in [7, 11) is -3.73. The zero-order chi connectivity index (χ0) is 15.1. The molecule has 1 aromatic carbocycles. The van der Waals surface area contributed by atoms with Crippen LogP contribution in [-0.2, 0) is 10.0 Å². The van der Waals surface area contributed by atoms with Gasteiger partial charge in [-0.05, 0) is 36.9 Å². The van der Waals surface area contributed by atoms with E-state index >= 15 is 0 Å². The quantitative estimate of drug-likeness (QED) is 0.901. The molecule has 2 N–H and O–H groups in total. The minimum absolute atomic E-state index is 0.0420. The first kappa shape index (κ1) is 15.7. The lowest BCUT2D eigenvalue weighted by Crippen LogP contribution is -2.30. The number of halogens is 2. The fourth-order valence-electron chi connectivity index (χ4n) is 1.74. The monoisotopic (exact) mass is 337 g/mol. The molecule has 0 aliphatic rings. The Morgan fingerprint density at radius 3 is 2.75 bits per heavy atom. The molecule has 0 radical (unpaired) electrons. The van der Waals surface area contributed by atoms with Crippen molar-refractivity contribution in [3.8, 4) is 0 Å². The van der Waals surface area contributed by atoms with Gasteiger partial charge in [-0.15, -0.1) is 11.3 Å². The van der Waals surface area contributed by atoms with Gasteiger partial charge in [0.2, 0.25) is 10.0 Å². The van der Waals surface area contributed by atoms with Gasteiger partial charge in [0.05, 0.1) is 11.1 Å². The van der Waals surface area contributed by atoms with E-state index in [1.807, 2.05) is 0 Å². The molecule has 0 aliphatic heterocycles. The van der Waals surface area contributed by atoms with Gasteiger partial charge in [-0.2, -0.15) is 0 Å². The largest absolute Gasteiger partial charge is 0.392 e. The Morgan fingerprint density at radius 1 is 1.50 bits per heavy atom. The van der Waals surface area contributed by atoms with Crippen LogP contribution in [0.2, 0.25) is 5.02 Å². The molecule has 0 amide bonds. The van der Waals surface area contributed by atoms with E-state index in [0.29, 0.717) is 15.6 Å². The number of rotatable bonds is 4. The lowest BCUT2D eigenvalue weighted by atomic mass is 10.2. The molecule has 0 spiro atoms. The van der Waals surface area contributed by atoms with Crippen molar-refractivity contribution in [3.05, 3.63) is 28.5 Å². The number of thiophene rings is 1. The molecule has 2 rings (SSSR count). The average molecular weight is 338 g/mol. The number of hydrogen-bond donors (Lipinski definition) is 2. The van der Waals surface area contributed by atoms with Gasteiger partial charge in [0.1, 0.15) is 10.0 Å². The highest BCUT2D eigenvalue weighted by molar-refractivity contribution is 7.91. The topological polar surface area (TPSA) is 66.4 Å². The lowest BCUT2D eigenvalue weighted by molar-refractivity contribution is 0.198. The summed E-state index contributed by atoms with van der Waals surface area (Å²) in [6.07, 6.45) is -0.786. The predicted octanol–water partition coefficient (Wildman–Crippen LogP) is 2.66. The SMILES string of the molecule is Cc1c(S(=O)(=O)NC[C@H](C)O)sc2cc(Cl)c(F)cc12. The Bertz CT molecular complexity index is 756. The van der Waals surface area contributed by atoms with Crippen LogP contribution in [0.25, 0.3) is 10.1 Å². The van der Waals surface area contributed by atoms with E-state index < -0.39 is 21.9 Å². The van der Waals surface area contributed by atoms with Crippen LogP contribution in [-0.4, -0.2) is 26.2 Å². The van der Waals surface area contributed by atoms with Crippen LogP contribution in [0.3, 0.4) is 0 Å². The molecule has 1 aromatic heterocycles. The summed E-state index contributed by atoms with van der Waals surface area (Å²) < 4.78 is 40.8. The van der Waals surface area contributed by atoms with E-state index in [1.54, 1.807) is 6.92 Å². The molecule has 0 saturated carbocycles. The Balaban J connectivity index is 2.53. The number of hydrogen-bond acceptors (Lipinski definition) is 4. The van der Waals surface area contributed by atoms with E-state index in [1.165, 1.54) is 19.1 Å². The first-order valence-electron chi connectivity index (χ1n) is 5.78. The molecule has 110 valence electrons. The van der Waals surface area contributed by atoms with E-state index in [4.69, 9.17) is 16.7 Å². The Kier molecular flexibility index (Phi) is 4.36. The van der Waals surface area contributed by atoms with Crippen LogP contribution in [0.5, 0.6) is 0 Å². The second-order valence-electron chi connectivity index (χ2n) is 4.48. The second-order valence-corrected chi connectivity index (χ2v) is 7.90. The third-order valence-electron chi connectivity index (χ3n) is 2.75. The van der Waals surface area contributed by atoms with Crippen LogP contribution >= 0.6 is 22.9 Å². The summed E-state index contributed by atoms with van der Waals surface area (Å²) in [4.78, 5) is 0. The zero-order valence-electron chi connectivity index (χ0n) is 10.8. The fourth-order valence-corrected chi connectivity index (χ4v) is 4.92. The standard InChI is InChI=1S/C12H13ClFNO3S2/c1-6(16)5-15-20(17,18)12-7(2)8-3-10(14)9(13)4-11(8)19-12/h3-4,6,15-16H,5H2,1-2H3/t6-/m0/s1. The van der Waals surface area contributed by atoms with E-state index in [9.17, 15) is 12.8 Å². The number of aryl methyl sites for hydroxylation is 1. The average Bonchev–Trinajstić information content (AvgIpc) is 2.66. The number of fused-ring (bicyclic) bond motifs is 1. The van der Waals surface area contributed by atoms with Gasteiger partial charge in [-0.1, -0.05) is 11.6 Å². The second kappa shape index (κ2) is 5.57. The maximum atomic E-state index is 13.5. The summed E-state index contributed by atoms with van der Waals surface area (Å²) in [6.45, 7) is 3.02. The lowest BCUT2D eigenvalue weighted by Gasteiger charge is -2.07. The number of benzene rings is 1. The van der Waals surface area contributed by atoms with Gasteiger partial charge in [0.25, 0.3) is 0 Å². The summed E-state index contributed by atoms with van der Waals surface area (Å²) in [5.41, 5.74) is 0.471. The molecule has 0 bridgehead atoms. The van der Waals surface area contributed by atoms with Crippen molar-refractivity contribution in [2.45, 2.75) is 24.2 Å². The van der Waals surface area contributed by atoms with Gasteiger partial charge in [-0.25, -0.2) is 17.5 Å². The van der Waals surface area contributed by atoms with Crippen LogP contribution in [0.1, 0.15) is 12.5 Å². The van der Waals surface area contributed by atoms with Crippen LogP contribution in [0, 0.1) is 12.7 Å². The van der Waals surface area contributed by atoms with Crippen molar-refractivity contribution in [1.29, 1.82) is 0 Å². The zero-order valence-corrected chi connectivity index (χ0v) is 13.2. The molecule has 0 unspecified atom stereocenters. The number of aliphatic hydroxyl groups is 1. The molecular formula is C12H13ClFNO3S2. The van der Waals surface area contributed by atoms with E-state index in [0.717, 1.165) is 11.3 Å². The molecule has 4 nitrogen and oxygen atoms in total. The molecule has 8 heteroatoms. The highest BCUT2D eigenvalue weighted by Crippen LogP contribution is 2.36. The molecule has 20 heavy (non-hydrogen) atoms. The smallest absolute Gasteiger partial charge is 0.250 e.